The minimum Gasteiger partial charge on any atom is -0.481 e. The lowest BCUT2D eigenvalue weighted by Gasteiger charge is -2.39. The third-order valence-corrected chi connectivity index (χ3v) is 4.07. The Balaban J connectivity index is 2.15. The first-order chi connectivity index (χ1) is 9.94. The third-order valence-electron chi connectivity index (χ3n) is 4.07. The zero-order valence-corrected chi connectivity index (χ0v) is 13.3. The first-order valence-corrected chi connectivity index (χ1v) is 7.90. The maximum absolute atomic E-state index is 12.3. The van der Waals surface area contributed by atoms with Crippen molar-refractivity contribution in [1.29, 1.82) is 0 Å². The number of piperazine rings is 1. The average molecular weight is 299 g/mol. The summed E-state index contributed by atoms with van der Waals surface area (Å²) in [5.74, 6) is -0.656. The van der Waals surface area contributed by atoms with Crippen LogP contribution in [0.5, 0.6) is 0 Å². The molecule has 1 aliphatic rings. The van der Waals surface area contributed by atoms with Crippen LogP contribution in [-0.4, -0.2) is 60.1 Å². The second-order valence-electron chi connectivity index (χ2n) is 6.11. The lowest BCUT2D eigenvalue weighted by Crippen LogP contribution is -2.60. The van der Waals surface area contributed by atoms with Crippen LogP contribution < -0.4 is 10.6 Å². The molecule has 0 bridgehead atoms. The topological polar surface area (TPSA) is 81.7 Å². The first-order valence-electron chi connectivity index (χ1n) is 7.90. The van der Waals surface area contributed by atoms with Crippen LogP contribution in [0.2, 0.25) is 0 Å². The van der Waals surface area contributed by atoms with Crippen LogP contribution in [0.1, 0.15) is 46.0 Å². The van der Waals surface area contributed by atoms with Gasteiger partial charge < -0.3 is 15.7 Å². The van der Waals surface area contributed by atoms with E-state index in [9.17, 15) is 9.59 Å². The number of unbranched alkanes of at least 4 members (excludes halogenated alkanes) is 3. The molecule has 0 aromatic carbocycles. The molecule has 1 rings (SSSR count). The molecule has 122 valence electrons. The fourth-order valence-corrected chi connectivity index (χ4v) is 2.54. The van der Waals surface area contributed by atoms with Gasteiger partial charge in [0, 0.05) is 39.1 Å². The molecule has 1 saturated heterocycles. The molecule has 0 aliphatic carbocycles. The summed E-state index contributed by atoms with van der Waals surface area (Å²) in [5.41, 5.74) is -0.467. The van der Waals surface area contributed by atoms with Crippen molar-refractivity contribution in [2.24, 2.45) is 0 Å². The number of amides is 1. The second kappa shape index (κ2) is 9.00. The van der Waals surface area contributed by atoms with Gasteiger partial charge >= 0.3 is 5.97 Å². The summed E-state index contributed by atoms with van der Waals surface area (Å²) in [4.78, 5) is 24.9. The molecule has 1 aliphatic heterocycles. The SMILES string of the molecule is CC(C)(C(=O)NCCCCCCC(=O)O)N1CCNCC1. The monoisotopic (exact) mass is 299 g/mol. The van der Waals surface area contributed by atoms with Crippen molar-refractivity contribution in [3.63, 3.8) is 0 Å². The van der Waals surface area contributed by atoms with E-state index in [2.05, 4.69) is 15.5 Å². The normalized spacial score (nSPS) is 16.7. The maximum Gasteiger partial charge on any atom is 0.303 e. The summed E-state index contributed by atoms with van der Waals surface area (Å²) in [6.07, 6.45) is 3.73. The highest BCUT2D eigenvalue weighted by molar-refractivity contribution is 5.85. The van der Waals surface area contributed by atoms with E-state index >= 15 is 0 Å². The van der Waals surface area contributed by atoms with E-state index in [0.717, 1.165) is 51.9 Å². The zero-order chi connectivity index (χ0) is 15.7. The van der Waals surface area contributed by atoms with Gasteiger partial charge in [0.1, 0.15) is 0 Å². The van der Waals surface area contributed by atoms with E-state index in [-0.39, 0.29) is 12.3 Å². The van der Waals surface area contributed by atoms with Crippen LogP contribution in [0.15, 0.2) is 0 Å². The van der Waals surface area contributed by atoms with E-state index in [0.29, 0.717) is 6.54 Å². The number of hydrogen-bond donors (Lipinski definition) is 3. The molecule has 0 aromatic heterocycles. The van der Waals surface area contributed by atoms with E-state index < -0.39 is 11.5 Å². The number of nitrogens with one attached hydrogen (secondary N) is 2. The minimum absolute atomic E-state index is 0.0786. The molecule has 3 N–H and O–H groups in total. The third kappa shape index (κ3) is 6.44. The Kier molecular flexibility index (Phi) is 7.67. The van der Waals surface area contributed by atoms with Crippen molar-refractivity contribution in [3.8, 4) is 0 Å². The average Bonchev–Trinajstić information content (AvgIpc) is 2.46. The van der Waals surface area contributed by atoms with E-state index in [1.165, 1.54) is 0 Å². The maximum atomic E-state index is 12.3. The zero-order valence-electron chi connectivity index (χ0n) is 13.3. The standard InChI is InChI=1S/C15H29N3O3/c1-15(2,18-11-9-16-10-12-18)14(21)17-8-6-4-3-5-7-13(19)20/h16H,3-12H2,1-2H3,(H,17,21)(H,19,20). The predicted molar refractivity (Wildman–Crippen MR) is 82.3 cm³/mol. The van der Waals surface area contributed by atoms with Crippen molar-refractivity contribution in [2.75, 3.05) is 32.7 Å². The number of carboxylic acids is 1. The van der Waals surface area contributed by atoms with Crippen molar-refractivity contribution in [3.05, 3.63) is 0 Å². The molecule has 1 heterocycles. The van der Waals surface area contributed by atoms with Crippen molar-refractivity contribution >= 4 is 11.9 Å². The molecule has 0 atom stereocenters. The summed E-state index contributed by atoms with van der Waals surface area (Å²) in [5, 5.41) is 14.8. The number of carbonyl (C=O) groups is 2. The highest BCUT2D eigenvalue weighted by Gasteiger charge is 2.34. The van der Waals surface area contributed by atoms with Gasteiger partial charge in [-0.3, -0.25) is 14.5 Å². The molecule has 1 fully saturated rings. The molecule has 0 unspecified atom stereocenters. The van der Waals surface area contributed by atoms with Gasteiger partial charge in [0.05, 0.1) is 5.54 Å². The first kappa shape index (κ1) is 17.9. The fraction of sp³-hybridized carbons (Fsp3) is 0.867. The quantitative estimate of drug-likeness (QED) is 0.549. The molecule has 0 saturated carbocycles. The van der Waals surface area contributed by atoms with Gasteiger partial charge in [0.25, 0.3) is 0 Å². The Morgan fingerprint density at radius 3 is 2.38 bits per heavy atom. The summed E-state index contributed by atoms with van der Waals surface area (Å²) in [6, 6.07) is 0. The van der Waals surface area contributed by atoms with Crippen LogP contribution >= 0.6 is 0 Å². The van der Waals surface area contributed by atoms with E-state index in [4.69, 9.17) is 5.11 Å². The lowest BCUT2D eigenvalue weighted by molar-refractivity contribution is -0.137. The van der Waals surface area contributed by atoms with Crippen LogP contribution in [-0.2, 0) is 9.59 Å². The lowest BCUT2D eigenvalue weighted by atomic mass is 10.0. The number of rotatable bonds is 9. The molecule has 6 heteroatoms. The molecule has 6 nitrogen and oxygen atoms in total. The van der Waals surface area contributed by atoms with E-state index in [1.807, 2.05) is 13.8 Å². The highest BCUT2D eigenvalue weighted by atomic mass is 16.4. The van der Waals surface area contributed by atoms with Crippen molar-refractivity contribution in [2.45, 2.75) is 51.5 Å². The Hall–Kier alpha value is -1.14. The van der Waals surface area contributed by atoms with Gasteiger partial charge in [0.15, 0.2) is 0 Å². The molecule has 1 amide bonds. The fourth-order valence-electron chi connectivity index (χ4n) is 2.54. The van der Waals surface area contributed by atoms with Crippen LogP contribution in [0.25, 0.3) is 0 Å². The van der Waals surface area contributed by atoms with Gasteiger partial charge in [-0.1, -0.05) is 12.8 Å². The highest BCUT2D eigenvalue weighted by Crippen LogP contribution is 2.15. The van der Waals surface area contributed by atoms with Gasteiger partial charge in [-0.2, -0.15) is 0 Å². The van der Waals surface area contributed by atoms with Crippen molar-refractivity contribution < 1.29 is 14.7 Å². The minimum atomic E-state index is -0.735. The molecular formula is C15H29N3O3. The van der Waals surface area contributed by atoms with Gasteiger partial charge in [-0.15, -0.1) is 0 Å². The molecule has 21 heavy (non-hydrogen) atoms. The molecule has 0 spiro atoms. The van der Waals surface area contributed by atoms with Crippen LogP contribution in [0.3, 0.4) is 0 Å². The number of hydrogen-bond acceptors (Lipinski definition) is 4. The van der Waals surface area contributed by atoms with E-state index in [1.54, 1.807) is 0 Å². The number of carbonyl (C=O) groups excluding carboxylic acids is 1. The predicted octanol–water partition coefficient (Wildman–Crippen LogP) is 0.822. The van der Waals surface area contributed by atoms with Crippen LogP contribution in [0, 0.1) is 0 Å². The Morgan fingerprint density at radius 1 is 1.14 bits per heavy atom. The Labute approximate surface area is 127 Å². The molecule has 0 radical (unpaired) electrons. The van der Waals surface area contributed by atoms with Gasteiger partial charge in [-0.25, -0.2) is 0 Å². The number of nitrogens with zero attached hydrogens (tertiary/aromatic N) is 1. The van der Waals surface area contributed by atoms with Gasteiger partial charge in [-0.05, 0) is 26.7 Å². The summed E-state index contributed by atoms with van der Waals surface area (Å²) in [6.45, 7) is 8.27. The Morgan fingerprint density at radius 2 is 1.76 bits per heavy atom. The summed E-state index contributed by atoms with van der Waals surface area (Å²) in [7, 11) is 0. The van der Waals surface area contributed by atoms with Crippen LogP contribution in [0.4, 0.5) is 0 Å². The summed E-state index contributed by atoms with van der Waals surface area (Å²) >= 11 is 0. The number of carboxylic acid groups (broad SMARTS) is 1. The molecular weight excluding hydrogens is 270 g/mol. The Bertz CT molecular complexity index is 339. The second-order valence-corrected chi connectivity index (χ2v) is 6.11. The number of aliphatic carboxylic acids is 1. The van der Waals surface area contributed by atoms with Gasteiger partial charge in [0.2, 0.25) is 5.91 Å². The molecule has 0 aromatic rings. The largest absolute Gasteiger partial charge is 0.481 e. The summed E-state index contributed by atoms with van der Waals surface area (Å²) < 4.78 is 0. The van der Waals surface area contributed by atoms with Crippen molar-refractivity contribution in [1.82, 2.24) is 15.5 Å². The smallest absolute Gasteiger partial charge is 0.303 e.